The molecule has 1 aliphatic heterocycles. The summed E-state index contributed by atoms with van der Waals surface area (Å²) in [6.45, 7) is 0.292. The second-order valence-electron chi connectivity index (χ2n) is 5.39. The Morgan fingerprint density at radius 1 is 1.20 bits per heavy atom. The summed E-state index contributed by atoms with van der Waals surface area (Å²) < 4.78 is 15.8. The minimum absolute atomic E-state index is 0.0106. The van der Waals surface area contributed by atoms with Crippen LogP contribution < -0.4 is 24.8 Å². The summed E-state index contributed by atoms with van der Waals surface area (Å²) in [5.74, 6) is 0.965. The Kier molecular flexibility index (Phi) is 4.74. The van der Waals surface area contributed by atoms with Crippen LogP contribution in [-0.2, 0) is 11.3 Å². The van der Waals surface area contributed by atoms with Crippen LogP contribution in [0.15, 0.2) is 36.4 Å². The number of rotatable bonds is 5. The zero-order valence-corrected chi connectivity index (χ0v) is 13.9. The summed E-state index contributed by atoms with van der Waals surface area (Å²) in [7, 11) is 3.00. The van der Waals surface area contributed by atoms with Crippen LogP contribution in [0.4, 0.5) is 5.69 Å². The molecule has 0 atom stereocenters. The molecule has 0 aliphatic carbocycles. The van der Waals surface area contributed by atoms with Crippen LogP contribution in [0.5, 0.6) is 17.2 Å². The van der Waals surface area contributed by atoms with Gasteiger partial charge in [-0.1, -0.05) is 12.1 Å². The molecule has 1 heterocycles. The number of amides is 2. The van der Waals surface area contributed by atoms with Gasteiger partial charge in [0.15, 0.2) is 6.61 Å². The van der Waals surface area contributed by atoms with Crippen molar-refractivity contribution >= 4 is 17.5 Å². The number of anilines is 1. The Morgan fingerprint density at radius 3 is 2.60 bits per heavy atom. The molecular weight excluding hydrogens is 324 g/mol. The molecule has 7 heteroatoms. The SMILES string of the molecule is COc1cccc(OC)c1C(=O)NCc1ccc2c(c1)NC(=O)CO2. The van der Waals surface area contributed by atoms with E-state index in [1.165, 1.54) is 14.2 Å². The molecule has 0 saturated heterocycles. The molecule has 130 valence electrons. The first kappa shape index (κ1) is 16.6. The number of ether oxygens (including phenoxy) is 3. The van der Waals surface area contributed by atoms with E-state index in [0.717, 1.165) is 5.56 Å². The van der Waals surface area contributed by atoms with Crippen LogP contribution >= 0.6 is 0 Å². The average molecular weight is 342 g/mol. The van der Waals surface area contributed by atoms with E-state index in [-0.39, 0.29) is 25.0 Å². The van der Waals surface area contributed by atoms with Gasteiger partial charge in [-0.2, -0.15) is 0 Å². The first-order valence-electron chi connectivity index (χ1n) is 7.67. The fourth-order valence-electron chi connectivity index (χ4n) is 2.59. The topological polar surface area (TPSA) is 85.9 Å². The highest BCUT2D eigenvalue weighted by Gasteiger charge is 2.19. The van der Waals surface area contributed by atoms with E-state index in [4.69, 9.17) is 14.2 Å². The molecule has 2 amide bonds. The van der Waals surface area contributed by atoms with Gasteiger partial charge in [-0.3, -0.25) is 9.59 Å². The van der Waals surface area contributed by atoms with Gasteiger partial charge >= 0.3 is 0 Å². The lowest BCUT2D eigenvalue weighted by Gasteiger charge is -2.18. The maximum absolute atomic E-state index is 12.6. The predicted octanol–water partition coefficient (Wildman–Crippen LogP) is 1.96. The van der Waals surface area contributed by atoms with Crippen LogP contribution in [0, 0.1) is 0 Å². The van der Waals surface area contributed by atoms with E-state index < -0.39 is 0 Å². The van der Waals surface area contributed by atoms with Crippen LogP contribution in [0.25, 0.3) is 0 Å². The number of hydrogen-bond donors (Lipinski definition) is 2. The third-order valence-electron chi connectivity index (χ3n) is 3.78. The van der Waals surface area contributed by atoms with Gasteiger partial charge in [-0.05, 0) is 29.8 Å². The van der Waals surface area contributed by atoms with E-state index in [0.29, 0.717) is 28.5 Å². The minimum atomic E-state index is -0.313. The van der Waals surface area contributed by atoms with Gasteiger partial charge in [0.25, 0.3) is 11.8 Å². The second-order valence-corrected chi connectivity index (χ2v) is 5.39. The Hall–Kier alpha value is -3.22. The fourth-order valence-corrected chi connectivity index (χ4v) is 2.59. The molecule has 0 saturated carbocycles. The Balaban J connectivity index is 1.75. The molecule has 0 unspecified atom stereocenters. The van der Waals surface area contributed by atoms with Gasteiger partial charge in [0.2, 0.25) is 0 Å². The van der Waals surface area contributed by atoms with Crippen molar-refractivity contribution in [3.63, 3.8) is 0 Å². The molecule has 2 N–H and O–H groups in total. The van der Waals surface area contributed by atoms with Crippen molar-refractivity contribution in [2.75, 3.05) is 26.1 Å². The third kappa shape index (κ3) is 3.50. The normalized spacial score (nSPS) is 12.5. The fraction of sp³-hybridized carbons (Fsp3) is 0.222. The molecule has 2 aromatic rings. The molecule has 25 heavy (non-hydrogen) atoms. The summed E-state index contributed by atoms with van der Waals surface area (Å²) >= 11 is 0. The zero-order valence-electron chi connectivity index (χ0n) is 13.9. The van der Waals surface area contributed by atoms with Gasteiger partial charge in [0, 0.05) is 6.54 Å². The quantitative estimate of drug-likeness (QED) is 0.868. The number of fused-ring (bicyclic) bond motifs is 1. The number of methoxy groups -OCH3 is 2. The van der Waals surface area contributed by atoms with Gasteiger partial charge in [0.05, 0.1) is 19.9 Å². The smallest absolute Gasteiger partial charge is 0.262 e. The highest BCUT2D eigenvalue weighted by Crippen LogP contribution is 2.29. The highest BCUT2D eigenvalue weighted by molar-refractivity contribution is 5.99. The molecule has 2 aromatic carbocycles. The highest BCUT2D eigenvalue weighted by atomic mass is 16.5. The summed E-state index contributed by atoms with van der Waals surface area (Å²) in [5.41, 5.74) is 1.76. The first-order valence-corrected chi connectivity index (χ1v) is 7.67. The number of hydrogen-bond acceptors (Lipinski definition) is 5. The van der Waals surface area contributed by atoms with E-state index >= 15 is 0 Å². The van der Waals surface area contributed by atoms with Gasteiger partial charge in [0.1, 0.15) is 22.8 Å². The van der Waals surface area contributed by atoms with E-state index in [1.54, 1.807) is 30.3 Å². The Labute approximate surface area is 144 Å². The van der Waals surface area contributed by atoms with Crippen molar-refractivity contribution < 1.29 is 23.8 Å². The molecule has 3 rings (SSSR count). The number of benzene rings is 2. The first-order chi connectivity index (χ1) is 12.1. The molecule has 1 aliphatic rings. The van der Waals surface area contributed by atoms with Gasteiger partial charge in [-0.25, -0.2) is 0 Å². The van der Waals surface area contributed by atoms with Crippen LogP contribution in [-0.4, -0.2) is 32.6 Å². The molecule has 0 bridgehead atoms. The third-order valence-corrected chi connectivity index (χ3v) is 3.78. The van der Waals surface area contributed by atoms with Crippen molar-refractivity contribution in [2.24, 2.45) is 0 Å². The monoisotopic (exact) mass is 342 g/mol. The number of nitrogens with one attached hydrogen (secondary N) is 2. The standard InChI is InChI=1S/C18H18N2O5/c1-23-14-4-3-5-15(24-2)17(14)18(22)19-9-11-6-7-13-12(8-11)20-16(21)10-25-13/h3-8H,9-10H2,1-2H3,(H,19,22)(H,20,21). The van der Waals surface area contributed by atoms with Crippen molar-refractivity contribution in [3.8, 4) is 17.2 Å². The average Bonchev–Trinajstić information content (AvgIpc) is 2.64. The summed E-state index contributed by atoms with van der Waals surface area (Å²) in [5, 5.41) is 5.57. The largest absolute Gasteiger partial charge is 0.496 e. The molecular formula is C18H18N2O5. The number of carbonyl (C=O) groups excluding carboxylic acids is 2. The van der Waals surface area contributed by atoms with Gasteiger partial charge < -0.3 is 24.8 Å². The van der Waals surface area contributed by atoms with Crippen molar-refractivity contribution in [1.29, 1.82) is 0 Å². The summed E-state index contributed by atoms with van der Waals surface area (Å²) in [6.07, 6.45) is 0. The lowest BCUT2D eigenvalue weighted by atomic mass is 10.1. The Morgan fingerprint density at radius 2 is 1.92 bits per heavy atom. The minimum Gasteiger partial charge on any atom is -0.496 e. The predicted molar refractivity (Wildman–Crippen MR) is 91.3 cm³/mol. The zero-order chi connectivity index (χ0) is 17.8. The van der Waals surface area contributed by atoms with Gasteiger partial charge in [-0.15, -0.1) is 0 Å². The molecule has 7 nitrogen and oxygen atoms in total. The van der Waals surface area contributed by atoms with Crippen LogP contribution in [0.2, 0.25) is 0 Å². The molecule has 0 spiro atoms. The summed E-state index contributed by atoms with van der Waals surface area (Å²) in [6, 6.07) is 10.5. The molecule has 0 fully saturated rings. The van der Waals surface area contributed by atoms with Crippen LogP contribution in [0.1, 0.15) is 15.9 Å². The maximum Gasteiger partial charge on any atom is 0.262 e. The van der Waals surface area contributed by atoms with E-state index in [2.05, 4.69) is 10.6 Å². The van der Waals surface area contributed by atoms with Crippen LogP contribution in [0.3, 0.4) is 0 Å². The number of carbonyl (C=O) groups is 2. The lowest BCUT2D eigenvalue weighted by molar-refractivity contribution is -0.118. The van der Waals surface area contributed by atoms with Crippen molar-refractivity contribution in [3.05, 3.63) is 47.5 Å². The summed E-state index contributed by atoms with van der Waals surface area (Å²) in [4.78, 5) is 23.9. The maximum atomic E-state index is 12.6. The van der Waals surface area contributed by atoms with Crippen molar-refractivity contribution in [1.82, 2.24) is 5.32 Å². The van der Waals surface area contributed by atoms with E-state index in [9.17, 15) is 9.59 Å². The Bertz CT molecular complexity index is 797. The molecule has 0 aromatic heterocycles. The molecule has 0 radical (unpaired) electrons. The lowest BCUT2D eigenvalue weighted by Crippen LogP contribution is -2.26. The van der Waals surface area contributed by atoms with Crippen molar-refractivity contribution in [2.45, 2.75) is 6.54 Å². The van der Waals surface area contributed by atoms with E-state index in [1.807, 2.05) is 6.07 Å². The second kappa shape index (κ2) is 7.12.